The van der Waals surface area contributed by atoms with Crippen LogP contribution < -0.4 is 10.1 Å². The zero-order valence-electron chi connectivity index (χ0n) is 17.1. The van der Waals surface area contributed by atoms with Crippen LogP contribution in [-0.4, -0.2) is 33.7 Å². The maximum Gasteiger partial charge on any atom is 0.360 e. The summed E-state index contributed by atoms with van der Waals surface area (Å²) in [6.07, 6.45) is 1.49. The number of rotatable bonds is 7. The minimum absolute atomic E-state index is 0.00971. The van der Waals surface area contributed by atoms with Gasteiger partial charge < -0.3 is 14.8 Å². The Labute approximate surface area is 177 Å². The van der Waals surface area contributed by atoms with Gasteiger partial charge in [-0.1, -0.05) is 18.2 Å². The molecule has 2 aromatic carbocycles. The molecule has 1 N–H and O–H groups in total. The molecule has 3 rings (SSSR count). The number of ether oxygens (including phenoxy) is 2. The first-order valence-electron chi connectivity index (χ1n) is 9.18. The smallest absolute Gasteiger partial charge is 0.360 e. The van der Waals surface area contributed by atoms with Crippen LogP contribution in [0.2, 0.25) is 0 Å². The van der Waals surface area contributed by atoms with E-state index in [0.717, 1.165) is 5.56 Å². The van der Waals surface area contributed by atoms with Crippen molar-refractivity contribution < 1.29 is 24.0 Å². The van der Waals surface area contributed by atoms with Gasteiger partial charge in [-0.25, -0.2) is 4.79 Å². The predicted octanol–water partition coefficient (Wildman–Crippen LogP) is 3.25. The number of carbonyl (C=O) groups is 2. The topological polar surface area (TPSA) is 126 Å². The molecular formula is C21H20N4O6. The highest BCUT2D eigenvalue weighted by Crippen LogP contribution is 2.28. The minimum atomic E-state index is -0.669. The SMILES string of the molecule is COC(=O)c1nn(C)cc1NC(=O)c1cccc(COc2ccc(C)cc2[N+](=O)[O-])c1. The summed E-state index contributed by atoms with van der Waals surface area (Å²) in [4.78, 5) is 35.2. The Morgan fingerprint density at radius 3 is 2.71 bits per heavy atom. The summed E-state index contributed by atoms with van der Waals surface area (Å²) in [5.41, 5.74) is 1.79. The molecule has 1 aromatic heterocycles. The van der Waals surface area contributed by atoms with Crippen LogP contribution in [0.4, 0.5) is 11.4 Å². The third kappa shape index (κ3) is 5.04. The molecule has 1 heterocycles. The lowest BCUT2D eigenvalue weighted by Crippen LogP contribution is -2.15. The molecule has 160 valence electrons. The van der Waals surface area contributed by atoms with Gasteiger partial charge in [-0.2, -0.15) is 5.10 Å². The Balaban J connectivity index is 1.75. The van der Waals surface area contributed by atoms with Gasteiger partial charge in [-0.3, -0.25) is 19.6 Å². The molecule has 0 bridgehead atoms. The van der Waals surface area contributed by atoms with Crippen LogP contribution in [0.15, 0.2) is 48.7 Å². The Hall–Kier alpha value is -4.21. The largest absolute Gasteiger partial charge is 0.482 e. The van der Waals surface area contributed by atoms with E-state index in [0.29, 0.717) is 11.1 Å². The van der Waals surface area contributed by atoms with Gasteiger partial charge in [-0.05, 0) is 36.2 Å². The number of anilines is 1. The van der Waals surface area contributed by atoms with Crippen molar-refractivity contribution in [1.82, 2.24) is 9.78 Å². The van der Waals surface area contributed by atoms with Gasteiger partial charge in [0.15, 0.2) is 11.4 Å². The number of hydrogen-bond donors (Lipinski definition) is 1. The molecule has 0 unspecified atom stereocenters. The van der Waals surface area contributed by atoms with Gasteiger partial charge >= 0.3 is 11.7 Å². The van der Waals surface area contributed by atoms with E-state index in [2.05, 4.69) is 15.2 Å². The molecule has 0 fully saturated rings. The fourth-order valence-electron chi connectivity index (χ4n) is 2.88. The molecule has 0 aliphatic carbocycles. The molecule has 0 saturated heterocycles. The van der Waals surface area contributed by atoms with Crippen LogP contribution in [0.1, 0.15) is 32.0 Å². The number of amides is 1. The van der Waals surface area contributed by atoms with Gasteiger partial charge in [0.1, 0.15) is 6.61 Å². The minimum Gasteiger partial charge on any atom is -0.482 e. The van der Waals surface area contributed by atoms with Crippen molar-refractivity contribution in [3.8, 4) is 5.75 Å². The van der Waals surface area contributed by atoms with Gasteiger partial charge in [0.25, 0.3) is 5.91 Å². The van der Waals surface area contributed by atoms with Crippen LogP contribution in [0.25, 0.3) is 0 Å². The van der Waals surface area contributed by atoms with Crippen LogP contribution in [-0.2, 0) is 18.4 Å². The van der Waals surface area contributed by atoms with Crippen molar-refractivity contribution in [2.24, 2.45) is 7.05 Å². The van der Waals surface area contributed by atoms with E-state index >= 15 is 0 Å². The fraction of sp³-hybridized carbons (Fsp3) is 0.190. The van der Waals surface area contributed by atoms with E-state index in [-0.39, 0.29) is 29.4 Å². The zero-order valence-corrected chi connectivity index (χ0v) is 17.1. The lowest BCUT2D eigenvalue weighted by atomic mass is 10.1. The average molecular weight is 424 g/mol. The first-order valence-corrected chi connectivity index (χ1v) is 9.18. The second kappa shape index (κ2) is 9.08. The number of nitro groups is 1. The fourth-order valence-corrected chi connectivity index (χ4v) is 2.88. The van der Waals surface area contributed by atoms with Crippen molar-refractivity contribution in [3.63, 3.8) is 0 Å². The van der Waals surface area contributed by atoms with E-state index in [1.807, 2.05) is 0 Å². The maximum atomic E-state index is 12.7. The van der Waals surface area contributed by atoms with Crippen LogP contribution >= 0.6 is 0 Å². The second-order valence-electron chi connectivity index (χ2n) is 6.73. The summed E-state index contributed by atoms with van der Waals surface area (Å²) in [6.45, 7) is 1.79. The number of nitrogens with zero attached hydrogens (tertiary/aromatic N) is 3. The van der Waals surface area contributed by atoms with Gasteiger partial charge in [0.05, 0.1) is 17.7 Å². The molecule has 10 nitrogen and oxygen atoms in total. The second-order valence-corrected chi connectivity index (χ2v) is 6.73. The third-order valence-electron chi connectivity index (χ3n) is 4.35. The maximum absolute atomic E-state index is 12.7. The molecule has 0 radical (unpaired) electrons. The lowest BCUT2D eigenvalue weighted by Gasteiger charge is -2.09. The van der Waals surface area contributed by atoms with Crippen LogP contribution in [0, 0.1) is 17.0 Å². The van der Waals surface area contributed by atoms with Crippen LogP contribution in [0.3, 0.4) is 0 Å². The molecule has 31 heavy (non-hydrogen) atoms. The number of benzene rings is 2. The Bertz CT molecular complexity index is 1150. The number of nitro benzene ring substituents is 1. The van der Waals surface area contributed by atoms with Gasteiger partial charge in [0, 0.05) is 24.9 Å². The van der Waals surface area contributed by atoms with Crippen molar-refractivity contribution in [2.45, 2.75) is 13.5 Å². The molecular weight excluding hydrogens is 404 g/mol. The van der Waals surface area contributed by atoms with Gasteiger partial charge in [-0.15, -0.1) is 0 Å². The average Bonchev–Trinajstić information content (AvgIpc) is 3.12. The third-order valence-corrected chi connectivity index (χ3v) is 4.35. The molecule has 0 aliphatic rings. The van der Waals surface area contributed by atoms with Crippen LogP contribution in [0.5, 0.6) is 5.75 Å². The van der Waals surface area contributed by atoms with E-state index in [1.165, 1.54) is 24.1 Å². The highest BCUT2D eigenvalue weighted by molar-refractivity contribution is 6.07. The summed E-state index contributed by atoms with van der Waals surface area (Å²) in [5, 5.41) is 17.9. The summed E-state index contributed by atoms with van der Waals surface area (Å²) in [7, 11) is 2.84. The number of aryl methyl sites for hydroxylation is 2. The van der Waals surface area contributed by atoms with Crippen molar-refractivity contribution in [1.29, 1.82) is 0 Å². The highest BCUT2D eigenvalue weighted by Gasteiger charge is 2.19. The van der Waals surface area contributed by atoms with Crippen molar-refractivity contribution in [3.05, 3.63) is 81.2 Å². The number of esters is 1. The molecule has 10 heteroatoms. The Kier molecular flexibility index (Phi) is 6.29. The first-order chi connectivity index (χ1) is 14.8. The number of aromatic nitrogens is 2. The first kappa shape index (κ1) is 21.5. The van der Waals surface area contributed by atoms with E-state index < -0.39 is 16.8 Å². The molecule has 0 aliphatic heterocycles. The highest BCUT2D eigenvalue weighted by atomic mass is 16.6. The zero-order chi connectivity index (χ0) is 22.5. The number of methoxy groups -OCH3 is 1. The Morgan fingerprint density at radius 2 is 2.00 bits per heavy atom. The monoisotopic (exact) mass is 424 g/mol. The number of nitrogens with one attached hydrogen (secondary N) is 1. The van der Waals surface area contributed by atoms with E-state index in [4.69, 9.17) is 4.74 Å². The van der Waals surface area contributed by atoms with E-state index in [9.17, 15) is 19.7 Å². The van der Waals surface area contributed by atoms with Crippen molar-refractivity contribution >= 4 is 23.3 Å². The van der Waals surface area contributed by atoms with Gasteiger partial charge in [0.2, 0.25) is 0 Å². The molecule has 0 spiro atoms. The normalized spacial score (nSPS) is 10.4. The summed E-state index contributed by atoms with van der Waals surface area (Å²) < 4.78 is 11.7. The standard InChI is InChI=1S/C21H20N4O6/c1-13-7-8-18(17(9-13)25(28)29)31-12-14-5-4-6-15(10-14)20(26)22-16-11-24(2)23-19(16)21(27)30-3/h4-11H,12H2,1-3H3,(H,22,26). The lowest BCUT2D eigenvalue weighted by molar-refractivity contribution is -0.386. The molecule has 3 aromatic rings. The predicted molar refractivity (Wildman–Crippen MR) is 111 cm³/mol. The number of carbonyl (C=O) groups excluding carboxylic acids is 2. The quantitative estimate of drug-likeness (QED) is 0.350. The van der Waals surface area contributed by atoms with Crippen molar-refractivity contribution in [2.75, 3.05) is 12.4 Å². The summed E-state index contributed by atoms with van der Waals surface area (Å²) in [5.74, 6) is -0.984. The molecule has 0 atom stereocenters. The Morgan fingerprint density at radius 1 is 1.23 bits per heavy atom. The molecule has 0 saturated carbocycles. The summed E-state index contributed by atoms with van der Waals surface area (Å²) in [6, 6.07) is 11.3. The number of hydrogen-bond acceptors (Lipinski definition) is 7. The summed E-state index contributed by atoms with van der Waals surface area (Å²) >= 11 is 0. The van der Waals surface area contributed by atoms with E-state index in [1.54, 1.807) is 50.4 Å². The molecule has 1 amide bonds.